The SMILES string of the molecule is CCCC(CCC)OCC(O)CN. The number of aliphatic hydroxyl groups excluding tert-OH is 1. The number of ether oxygens (including phenoxy) is 1. The average molecular weight is 189 g/mol. The maximum absolute atomic E-state index is 9.19. The van der Waals surface area contributed by atoms with Crippen LogP contribution in [0.3, 0.4) is 0 Å². The predicted molar refractivity (Wildman–Crippen MR) is 54.6 cm³/mol. The van der Waals surface area contributed by atoms with Crippen molar-refractivity contribution >= 4 is 0 Å². The molecule has 0 heterocycles. The quantitative estimate of drug-likeness (QED) is 0.605. The lowest BCUT2D eigenvalue weighted by atomic mass is 10.1. The zero-order chi connectivity index (χ0) is 10.1. The monoisotopic (exact) mass is 189 g/mol. The Morgan fingerprint density at radius 3 is 2.15 bits per heavy atom. The van der Waals surface area contributed by atoms with Gasteiger partial charge in [0.1, 0.15) is 0 Å². The van der Waals surface area contributed by atoms with Gasteiger partial charge in [-0.2, -0.15) is 0 Å². The highest BCUT2D eigenvalue weighted by molar-refractivity contribution is 4.59. The Bertz CT molecular complexity index is 103. The second-order valence-electron chi connectivity index (χ2n) is 3.42. The average Bonchev–Trinajstić information content (AvgIpc) is 2.14. The predicted octanol–water partition coefficient (Wildman–Crippen LogP) is 1.29. The Kier molecular flexibility index (Phi) is 8.40. The number of nitrogens with two attached hydrogens (primary N) is 1. The first-order chi connectivity index (χ1) is 6.24. The number of hydrogen-bond donors (Lipinski definition) is 2. The normalized spacial score (nSPS) is 13.6. The topological polar surface area (TPSA) is 55.5 Å². The van der Waals surface area contributed by atoms with Crippen molar-refractivity contribution < 1.29 is 9.84 Å². The van der Waals surface area contributed by atoms with Crippen LogP contribution in [-0.4, -0.2) is 30.5 Å². The molecule has 0 aliphatic heterocycles. The smallest absolute Gasteiger partial charge is 0.0895 e. The van der Waals surface area contributed by atoms with Crippen LogP contribution in [0.5, 0.6) is 0 Å². The Labute approximate surface area is 81.3 Å². The lowest BCUT2D eigenvalue weighted by Gasteiger charge is -2.18. The molecule has 0 bridgehead atoms. The lowest BCUT2D eigenvalue weighted by molar-refractivity contribution is -0.0132. The Morgan fingerprint density at radius 1 is 1.23 bits per heavy atom. The van der Waals surface area contributed by atoms with Gasteiger partial charge in [0.05, 0.1) is 18.8 Å². The highest BCUT2D eigenvalue weighted by Crippen LogP contribution is 2.09. The van der Waals surface area contributed by atoms with Gasteiger partial charge in [-0.3, -0.25) is 0 Å². The molecule has 0 aromatic rings. The number of rotatable bonds is 8. The Balaban J connectivity index is 3.55. The van der Waals surface area contributed by atoms with Gasteiger partial charge >= 0.3 is 0 Å². The summed E-state index contributed by atoms with van der Waals surface area (Å²) in [7, 11) is 0. The van der Waals surface area contributed by atoms with Gasteiger partial charge < -0.3 is 15.6 Å². The third-order valence-corrected chi connectivity index (χ3v) is 2.02. The zero-order valence-electron chi connectivity index (χ0n) is 8.83. The van der Waals surface area contributed by atoms with Crippen molar-refractivity contribution in [3.05, 3.63) is 0 Å². The van der Waals surface area contributed by atoms with E-state index in [1.807, 2.05) is 0 Å². The molecule has 13 heavy (non-hydrogen) atoms. The minimum Gasteiger partial charge on any atom is -0.389 e. The second kappa shape index (κ2) is 8.48. The molecule has 0 fully saturated rings. The van der Waals surface area contributed by atoms with Crippen LogP contribution < -0.4 is 5.73 Å². The summed E-state index contributed by atoms with van der Waals surface area (Å²) in [6, 6.07) is 0. The van der Waals surface area contributed by atoms with E-state index in [2.05, 4.69) is 13.8 Å². The summed E-state index contributed by atoms with van der Waals surface area (Å²) in [5, 5.41) is 9.19. The summed E-state index contributed by atoms with van der Waals surface area (Å²) < 4.78 is 5.55. The van der Waals surface area contributed by atoms with Crippen LogP contribution in [0, 0.1) is 0 Å². The lowest BCUT2D eigenvalue weighted by Crippen LogP contribution is -2.28. The van der Waals surface area contributed by atoms with E-state index in [1.54, 1.807) is 0 Å². The molecule has 1 atom stereocenters. The molecule has 0 amide bonds. The van der Waals surface area contributed by atoms with Gasteiger partial charge in [0.15, 0.2) is 0 Å². The van der Waals surface area contributed by atoms with Gasteiger partial charge in [-0.25, -0.2) is 0 Å². The highest BCUT2D eigenvalue weighted by atomic mass is 16.5. The van der Waals surface area contributed by atoms with Gasteiger partial charge in [-0.1, -0.05) is 26.7 Å². The molecular weight excluding hydrogens is 166 g/mol. The van der Waals surface area contributed by atoms with E-state index in [9.17, 15) is 5.11 Å². The van der Waals surface area contributed by atoms with Crippen molar-refractivity contribution in [1.82, 2.24) is 0 Å². The maximum Gasteiger partial charge on any atom is 0.0895 e. The zero-order valence-corrected chi connectivity index (χ0v) is 8.83. The first-order valence-corrected chi connectivity index (χ1v) is 5.24. The van der Waals surface area contributed by atoms with E-state index in [0.717, 1.165) is 25.7 Å². The molecule has 0 radical (unpaired) electrons. The Hall–Kier alpha value is -0.120. The van der Waals surface area contributed by atoms with Crippen molar-refractivity contribution in [2.45, 2.75) is 51.7 Å². The second-order valence-corrected chi connectivity index (χ2v) is 3.42. The van der Waals surface area contributed by atoms with E-state index >= 15 is 0 Å². The van der Waals surface area contributed by atoms with Crippen molar-refractivity contribution in [1.29, 1.82) is 0 Å². The van der Waals surface area contributed by atoms with E-state index < -0.39 is 6.10 Å². The van der Waals surface area contributed by atoms with E-state index in [-0.39, 0.29) is 6.54 Å². The van der Waals surface area contributed by atoms with Crippen molar-refractivity contribution in [2.75, 3.05) is 13.2 Å². The highest BCUT2D eigenvalue weighted by Gasteiger charge is 2.09. The Morgan fingerprint density at radius 2 is 1.77 bits per heavy atom. The molecule has 0 aliphatic rings. The first kappa shape index (κ1) is 12.9. The summed E-state index contributed by atoms with van der Waals surface area (Å²) in [4.78, 5) is 0. The van der Waals surface area contributed by atoms with E-state index in [1.165, 1.54) is 0 Å². The molecule has 0 aromatic carbocycles. The molecule has 3 nitrogen and oxygen atoms in total. The van der Waals surface area contributed by atoms with Gasteiger partial charge in [0, 0.05) is 6.54 Å². The van der Waals surface area contributed by atoms with Crippen LogP contribution in [0.1, 0.15) is 39.5 Å². The van der Waals surface area contributed by atoms with Gasteiger partial charge in [-0.05, 0) is 12.8 Å². The molecule has 3 heteroatoms. The molecule has 0 spiro atoms. The van der Waals surface area contributed by atoms with Crippen molar-refractivity contribution in [2.24, 2.45) is 5.73 Å². The fraction of sp³-hybridized carbons (Fsp3) is 1.00. The van der Waals surface area contributed by atoms with Crippen LogP contribution >= 0.6 is 0 Å². The maximum atomic E-state index is 9.19. The van der Waals surface area contributed by atoms with Crippen molar-refractivity contribution in [3.63, 3.8) is 0 Å². The summed E-state index contributed by atoms with van der Waals surface area (Å²) in [5.41, 5.74) is 5.28. The minimum absolute atomic E-state index is 0.283. The standard InChI is InChI=1S/C10H23NO2/c1-3-5-10(6-4-2)13-8-9(12)7-11/h9-10,12H,3-8,11H2,1-2H3. The summed E-state index contributed by atoms with van der Waals surface area (Å²) in [5.74, 6) is 0. The van der Waals surface area contributed by atoms with Crippen LogP contribution in [-0.2, 0) is 4.74 Å². The number of aliphatic hydroxyl groups is 1. The number of hydrogen-bond acceptors (Lipinski definition) is 3. The van der Waals surface area contributed by atoms with Crippen LogP contribution in [0.25, 0.3) is 0 Å². The van der Waals surface area contributed by atoms with Crippen LogP contribution in [0.15, 0.2) is 0 Å². The molecule has 0 saturated carbocycles. The third kappa shape index (κ3) is 6.99. The molecule has 0 aromatic heterocycles. The van der Waals surface area contributed by atoms with Crippen LogP contribution in [0.2, 0.25) is 0 Å². The summed E-state index contributed by atoms with van der Waals surface area (Å²) in [6.45, 7) is 4.95. The molecular formula is C10H23NO2. The molecule has 80 valence electrons. The first-order valence-electron chi connectivity index (χ1n) is 5.24. The van der Waals surface area contributed by atoms with Crippen molar-refractivity contribution in [3.8, 4) is 0 Å². The van der Waals surface area contributed by atoms with Gasteiger partial charge in [0.2, 0.25) is 0 Å². The largest absolute Gasteiger partial charge is 0.389 e. The van der Waals surface area contributed by atoms with E-state index in [0.29, 0.717) is 12.7 Å². The minimum atomic E-state index is -0.504. The molecule has 1 unspecified atom stereocenters. The van der Waals surface area contributed by atoms with E-state index in [4.69, 9.17) is 10.5 Å². The summed E-state index contributed by atoms with van der Waals surface area (Å²) in [6.07, 6.45) is 4.20. The fourth-order valence-electron chi connectivity index (χ4n) is 1.27. The molecule has 3 N–H and O–H groups in total. The third-order valence-electron chi connectivity index (χ3n) is 2.02. The van der Waals surface area contributed by atoms with Gasteiger partial charge in [0.25, 0.3) is 0 Å². The van der Waals surface area contributed by atoms with Gasteiger partial charge in [-0.15, -0.1) is 0 Å². The molecule has 0 aliphatic carbocycles. The molecule has 0 rings (SSSR count). The fourth-order valence-corrected chi connectivity index (χ4v) is 1.27. The summed E-state index contributed by atoms with van der Waals surface area (Å²) >= 11 is 0. The van der Waals surface area contributed by atoms with Crippen LogP contribution in [0.4, 0.5) is 0 Å². The molecule has 0 saturated heterocycles.